The molecule has 1 aromatic heterocycles. The van der Waals surface area contributed by atoms with E-state index in [0.717, 1.165) is 24.2 Å². The lowest BCUT2D eigenvalue weighted by atomic mass is 10.2. The lowest BCUT2D eigenvalue weighted by Crippen LogP contribution is -1.99. The van der Waals surface area contributed by atoms with Gasteiger partial charge in [-0.15, -0.1) is 0 Å². The second-order valence-electron chi connectivity index (χ2n) is 4.16. The van der Waals surface area contributed by atoms with Crippen LogP contribution in [0, 0.1) is 0 Å². The zero-order valence-electron chi connectivity index (χ0n) is 10.3. The average Bonchev–Trinajstić information content (AvgIpc) is 2.76. The molecule has 0 aliphatic carbocycles. The first-order valence-electron chi connectivity index (χ1n) is 5.96. The van der Waals surface area contributed by atoms with Gasteiger partial charge in [0.05, 0.1) is 11.9 Å². The fourth-order valence-electron chi connectivity index (χ4n) is 1.71. The summed E-state index contributed by atoms with van der Waals surface area (Å²) >= 11 is 0. The number of aryl methyl sites for hydroxylation is 1. The van der Waals surface area contributed by atoms with Crippen LogP contribution in [0.3, 0.4) is 0 Å². The minimum Gasteiger partial charge on any atom is -0.508 e. The van der Waals surface area contributed by atoms with E-state index >= 15 is 0 Å². The highest BCUT2D eigenvalue weighted by Gasteiger charge is 2.03. The number of hydrogen-bond donors (Lipinski definition) is 3. The molecule has 3 N–H and O–H groups in total. The Hall–Kier alpha value is -2.17. The van der Waals surface area contributed by atoms with Crippen molar-refractivity contribution in [2.24, 2.45) is 0 Å². The lowest BCUT2D eigenvalue weighted by molar-refractivity contribution is 0.446. The molecular weight excluding hydrogens is 230 g/mol. The summed E-state index contributed by atoms with van der Waals surface area (Å²) in [6.07, 6.45) is 4.73. The van der Waals surface area contributed by atoms with Gasteiger partial charge in [0.15, 0.2) is 0 Å². The van der Waals surface area contributed by atoms with E-state index in [4.69, 9.17) is 0 Å². The first-order chi connectivity index (χ1) is 8.69. The molecule has 0 aliphatic rings. The van der Waals surface area contributed by atoms with Gasteiger partial charge in [-0.1, -0.05) is 6.92 Å². The lowest BCUT2D eigenvalue weighted by Gasteiger charge is -2.06. The van der Waals surface area contributed by atoms with Crippen LogP contribution in [0.2, 0.25) is 0 Å². The molecule has 0 radical (unpaired) electrons. The summed E-state index contributed by atoms with van der Waals surface area (Å²) in [6.45, 7) is 3.49. The predicted octanol–water partition coefficient (Wildman–Crippen LogP) is 2.32. The second kappa shape index (κ2) is 5.44. The molecule has 1 aromatic carbocycles. The van der Waals surface area contributed by atoms with Crippen LogP contribution in [0.15, 0.2) is 30.6 Å². The topological polar surface area (TPSA) is 70.3 Å². The third kappa shape index (κ3) is 2.94. The Bertz CT molecular complexity index is 523. The molecule has 2 rings (SSSR count). The fraction of sp³-hybridized carbons (Fsp3) is 0.308. The quantitative estimate of drug-likeness (QED) is 0.758. The first-order valence-corrected chi connectivity index (χ1v) is 5.96. The van der Waals surface area contributed by atoms with Crippen molar-refractivity contribution < 1.29 is 10.2 Å². The molecule has 0 bridgehead atoms. The van der Waals surface area contributed by atoms with Crippen molar-refractivity contribution in [2.45, 2.75) is 26.4 Å². The highest BCUT2D eigenvalue weighted by Crippen LogP contribution is 2.23. The van der Waals surface area contributed by atoms with E-state index in [1.807, 2.05) is 10.9 Å². The van der Waals surface area contributed by atoms with E-state index in [2.05, 4.69) is 17.3 Å². The standard InChI is InChI=1S/C13H17N3O2/c1-2-5-16-9-11(8-15-16)14-7-10-3-4-12(17)6-13(10)18/h3-4,6,8-9,14,17-18H,2,5,7H2,1H3. The summed E-state index contributed by atoms with van der Waals surface area (Å²) < 4.78 is 1.87. The van der Waals surface area contributed by atoms with Crippen LogP contribution in [-0.2, 0) is 13.1 Å². The number of anilines is 1. The molecule has 2 aromatic rings. The largest absolute Gasteiger partial charge is 0.508 e. The van der Waals surface area contributed by atoms with Crippen molar-refractivity contribution in [1.82, 2.24) is 9.78 Å². The van der Waals surface area contributed by atoms with Gasteiger partial charge in [0.1, 0.15) is 11.5 Å². The molecule has 0 spiro atoms. The van der Waals surface area contributed by atoms with Gasteiger partial charge in [0.2, 0.25) is 0 Å². The molecule has 0 aliphatic heterocycles. The number of benzene rings is 1. The Balaban J connectivity index is 1.97. The minimum atomic E-state index is 0.0621. The maximum Gasteiger partial charge on any atom is 0.124 e. The van der Waals surface area contributed by atoms with Crippen LogP contribution in [0.5, 0.6) is 11.5 Å². The van der Waals surface area contributed by atoms with E-state index < -0.39 is 0 Å². The summed E-state index contributed by atoms with van der Waals surface area (Å²) in [6, 6.07) is 4.57. The summed E-state index contributed by atoms with van der Waals surface area (Å²) in [5.41, 5.74) is 1.65. The molecule has 18 heavy (non-hydrogen) atoms. The zero-order chi connectivity index (χ0) is 13.0. The maximum atomic E-state index is 9.64. The summed E-state index contributed by atoms with van der Waals surface area (Å²) in [7, 11) is 0. The molecule has 1 heterocycles. The van der Waals surface area contributed by atoms with Gasteiger partial charge in [-0.3, -0.25) is 4.68 Å². The highest BCUT2D eigenvalue weighted by atomic mass is 16.3. The molecule has 5 heteroatoms. The average molecular weight is 247 g/mol. The summed E-state index contributed by atoms with van der Waals surface area (Å²) in [5, 5.41) is 26.2. The number of nitrogens with zero attached hydrogens (tertiary/aromatic N) is 2. The van der Waals surface area contributed by atoms with Gasteiger partial charge < -0.3 is 15.5 Å². The zero-order valence-corrected chi connectivity index (χ0v) is 10.3. The van der Waals surface area contributed by atoms with Crippen LogP contribution >= 0.6 is 0 Å². The molecule has 0 atom stereocenters. The number of hydrogen-bond acceptors (Lipinski definition) is 4. The molecule has 0 saturated heterocycles. The first kappa shape index (κ1) is 12.3. The van der Waals surface area contributed by atoms with Crippen molar-refractivity contribution in [2.75, 3.05) is 5.32 Å². The third-order valence-electron chi connectivity index (χ3n) is 2.64. The van der Waals surface area contributed by atoms with Crippen molar-refractivity contribution in [3.8, 4) is 11.5 Å². The van der Waals surface area contributed by atoms with E-state index in [-0.39, 0.29) is 11.5 Å². The molecule has 0 saturated carbocycles. The Morgan fingerprint density at radius 3 is 2.89 bits per heavy atom. The second-order valence-corrected chi connectivity index (χ2v) is 4.16. The van der Waals surface area contributed by atoms with Gasteiger partial charge >= 0.3 is 0 Å². The highest BCUT2D eigenvalue weighted by molar-refractivity contribution is 5.44. The van der Waals surface area contributed by atoms with E-state index in [9.17, 15) is 10.2 Å². The summed E-state index contributed by atoms with van der Waals surface area (Å²) in [4.78, 5) is 0. The maximum absolute atomic E-state index is 9.64. The normalized spacial score (nSPS) is 10.5. The van der Waals surface area contributed by atoms with Crippen LogP contribution < -0.4 is 5.32 Å². The van der Waals surface area contributed by atoms with Crippen LogP contribution in [-0.4, -0.2) is 20.0 Å². The number of phenols is 2. The number of rotatable bonds is 5. The Labute approximate surface area is 106 Å². The van der Waals surface area contributed by atoms with Crippen LogP contribution in [0.25, 0.3) is 0 Å². The Morgan fingerprint density at radius 2 is 2.17 bits per heavy atom. The Morgan fingerprint density at radius 1 is 1.33 bits per heavy atom. The van der Waals surface area contributed by atoms with Crippen LogP contribution in [0.4, 0.5) is 5.69 Å². The van der Waals surface area contributed by atoms with Crippen LogP contribution in [0.1, 0.15) is 18.9 Å². The third-order valence-corrected chi connectivity index (χ3v) is 2.64. The predicted molar refractivity (Wildman–Crippen MR) is 69.6 cm³/mol. The number of aromatic nitrogens is 2. The number of nitrogens with one attached hydrogen (secondary N) is 1. The molecule has 0 fully saturated rings. The van der Waals surface area contributed by atoms with Crippen molar-refractivity contribution in [3.63, 3.8) is 0 Å². The van der Waals surface area contributed by atoms with Crippen molar-refractivity contribution in [1.29, 1.82) is 0 Å². The van der Waals surface area contributed by atoms with Crippen molar-refractivity contribution in [3.05, 3.63) is 36.2 Å². The Kier molecular flexibility index (Phi) is 3.72. The minimum absolute atomic E-state index is 0.0621. The summed E-state index contributed by atoms with van der Waals surface area (Å²) in [5.74, 6) is 0.149. The molecule has 96 valence electrons. The van der Waals surface area contributed by atoms with Gasteiger partial charge in [-0.25, -0.2) is 0 Å². The fourth-order valence-corrected chi connectivity index (χ4v) is 1.71. The smallest absolute Gasteiger partial charge is 0.124 e. The number of aromatic hydroxyl groups is 2. The SMILES string of the molecule is CCCn1cc(NCc2ccc(O)cc2O)cn1. The van der Waals surface area contributed by atoms with E-state index in [1.54, 1.807) is 18.3 Å². The van der Waals surface area contributed by atoms with Gasteiger partial charge in [0, 0.05) is 30.9 Å². The van der Waals surface area contributed by atoms with E-state index in [0.29, 0.717) is 6.54 Å². The van der Waals surface area contributed by atoms with Gasteiger partial charge in [-0.2, -0.15) is 5.10 Å². The number of phenolic OH excluding ortho intramolecular Hbond substituents is 2. The molecular formula is C13H17N3O2. The van der Waals surface area contributed by atoms with Crippen molar-refractivity contribution >= 4 is 5.69 Å². The molecule has 0 unspecified atom stereocenters. The molecule has 0 amide bonds. The molecule has 5 nitrogen and oxygen atoms in total. The van der Waals surface area contributed by atoms with Gasteiger partial charge in [0.25, 0.3) is 0 Å². The van der Waals surface area contributed by atoms with E-state index in [1.165, 1.54) is 6.07 Å². The monoisotopic (exact) mass is 247 g/mol. The van der Waals surface area contributed by atoms with Gasteiger partial charge in [-0.05, 0) is 18.6 Å².